The summed E-state index contributed by atoms with van der Waals surface area (Å²) < 4.78 is 4.99. The second-order valence-corrected chi connectivity index (χ2v) is 5.76. The van der Waals surface area contributed by atoms with Gasteiger partial charge in [-0.3, -0.25) is 15.0 Å². The van der Waals surface area contributed by atoms with Gasteiger partial charge in [-0.15, -0.1) is 0 Å². The van der Waals surface area contributed by atoms with E-state index in [9.17, 15) is 15.2 Å². The molecule has 1 fully saturated rings. The minimum Gasteiger partial charge on any atom is -0.490 e. The summed E-state index contributed by atoms with van der Waals surface area (Å²) in [6.07, 6.45) is 3.88. The quantitative estimate of drug-likeness (QED) is 0.646. The van der Waals surface area contributed by atoms with Crippen molar-refractivity contribution in [3.05, 3.63) is 33.9 Å². The average molecular weight is 308 g/mol. The molecular weight excluding hydrogens is 284 g/mol. The van der Waals surface area contributed by atoms with E-state index < -0.39 is 11.0 Å². The van der Waals surface area contributed by atoms with E-state index in [2.05, 4.69) is 11.8 Å². The monoisotopic (exact) mass is 308 g/mol. The average Bonchev–Trinajstić information content (AvgIpc) is 2.54. The van der Waals surface area contributed by atoms with Gasteiger partial charge in [0.05, 0.1) is 18.1 Å². The topological polar surface area (TPSA) is 75.8 Å². The summed E-state index contributed by atoms with van der Waals surface area (Å²) in [4.78, 5) is 12.9. The van der Waals surface area contributed by atoms with Crippen molar-refractivity contribution in [1.29, 1.82) is 0 Å². The van der Waals surface area contributed by atoms with Crippen molar-refractivity contribution in [2.75, 3.05) is 20.2 Å². The van der Waals surface area contributed by atoms with Gasteiger partial charge in [0.2, 0.25) is 0 Å². The van der Waals surface area contributed by atoms with E-state index in [0.29, 0.717) is 18.2 Å². The Balaban J connectivity index is 2.13. The number of nitrogens with zero attached hydrogens (tertiary/aromatic N) is 2. The SMILES string of the molecule is CCC1CCCCN1CC(O)c1ccc(OC)c([N+](=O)[O-])c1. The number of β-amino-alcohol motifs (C(OH)–C–C–N with tert-alkyl or cyclic N) is 1. The number of likely N-dealkylation sites (tertiary alicyclic amines) is 1. The summed E-state index contributed by atoms with van der Waals surface area (Å²) in [5.74, 6) is 0.213. The normalized spacial score (nSPS) is 20.6. The number of nitro groups is 1. The fourth-order valence-corrected chi connectivity index (χ4v) is 3.15. The molecule has 1 aliphatic rings. The van der Waals surface area contributed by atoms with Crippen molar-refractivity contribution in [3.8, 4) is 5.75 Å². The van der Waals surface area contributed by atoms with Gasteiger partial charge in [0, 0.05) is 18.7 Å². The van der Waals surface area contributed by atoms with Gasteiger partial charge in [-0.1, -0.05) is 19.4 Å². The van der Waals surface area contributed by atoms with E-state index in [1.54, 1.807) is 12.1 Å². The second kappa shape index (κ2) is 7.56. The minimum atomic E-state index is -0.725. The Morgan fingerprint density at radius 3 is 2.91 bits per heavy atom. The third kappa shape index (κ3) is 3.75. The molecule has 0 bridgehead atoms. The molecule has 1 aromatic carbocycles. The molecule has 0 saturated carbocycles. The van der Waals surface area contributed by atoms with Crippen LogP contribution in [0.5, 0.6) is 5.75 Å². The zero-order valence-electron chi connectivity index (χ0n) is 13.2. The molecule has 0 spiro atoms. The Labute approximate surface area is 130 Å². The Morgan fingerprint density at radius 2 is 2.27 bits per heavy atom. The maximum absolute atomic E-state index is 11.1. The molecular formula is C16H24N2O4. The zero-order valence-corrected chi connectivity index (χ0v) is 13.2. The first-order valence-electron chi connectivity index (χ1n) is 7.81. The predicted molar refractivity (Wildman–Crippen MR) is 84.1 cm³/mol. The van der Waals surface area contributed by atoms with Crippen LogP contribution in [-0.2, 0) is 0 Å². The molecule has 122 valence electrons. The number of piperidine rings is 1. The van der Waals surface area contributed by atoms with Crippen molar-refractivity contribution >= 4 is 5.69 Å². The Morgan fingerprint density at radius 1 is 1.50 bits per heavy atom. The van der Waals surface area contributed by atoms with Gasteiger partial charge in [0.1, 0.15) is 0 Å². The van der Waals surface area contributed by atoms with Crippen LogP contribution in [0.1, 0.15) is 44.3 Å². The number of methoxy groups -OCH3 is 1. The highest BCUT2D eigenvalue weighted by Crippen LogP contribution is 2.31. The number of hydrogen-bond acceptors (Lipinski definition) is 5. The van der Waals surface area contributed by atoms with Gasteiger partial charge in [-0.25, -0.2) is 0 Å². The van der Waals surface area contributed by atoms with Gasteiger partial charge >= 0.3 is 5.69 Å². The van der Waals surface area contributed by atoms with Crippen molar-refractivity contribution in [3.63, 3.8) is 0 Å². The highest BCUT2D eigenvalue weighted by Gasteiger charge is 2.25. The number of benzene rings is 1. The molecule has 0 aliphatic carbocycles. The van der Waals surface area contributed by atoms with E-state index >= 15 is 0 Å². The van der Waals surface area contributed by atoms with Crippen LogP contribution >= 0.6 is 0 Å². The standard InChI is InChI=1S/C16H24N2O4/c1-3-13-6-4-5-9-17(13)11-15(19)12-7-8-16(22-2)14(10-12)18(20)21/h7-8,10,13,15,19H,3-6,9,11H2,1-2H3. The number of aliphatic hydroxyl groups is 1. The molecule has 1 saturated heterocycles. The number of aliphatic hydroxyl groups excluding tert-OH is 1. The molecule has 1 aliphatic heterocycles. The van der Waals surface area contributed by atoms with Crippen LogP contribution in [0, 0.1) is 10.1 Å². The van der Waals surface area contributed by atoms with E-state index in [1.165, 1.54) is 19.6 Å². The largest absolute Gasteiger partial charge is 0.490 e. The number of ether oxygens (including phenoxy) is 1. The molecule has 1 heterocycles. The smallest absolute Gasteiger partial charge is 0.311 e. The zero-order chi connectivity index (χ0) is 16.1. The maximum atomic E-state index is 11.1. The summed E-state index contributed by atoms with van der Waals surface area (Å²) in [7, 11) is 1.40. The van der Waals surface area contributed by atoms with Crippen molar-refractivity contribution in [2.24, 2.45) is 0 Å². The summed E-state index contributed by atoms with van der Waals surface area (Å²) in [5, 5.41) is 21.5. The van der Waals surface area contributed by atoms with Crippen LogP contribution in [0.3, 0.4) is 0 Å². The van der Waals surface area contributed by atoms with Crippen LogP contribution in [0.2, 0.25) is 0 Å². The number of hydrogen-bond donors (Lipinski definition) is 1. The minimum absolute atomic E-state index is 0.107. The predicted octanol–water partition coefficient (Wildman–Crippen LogP) is 2.90. The summed E-state index contributed by atoms with van der Waals surface area (Å²) >= 11 is 0. The number of rotatable bonds is 6. The molecule has 2 unspecified atom stereocenters. The molecule has 0 aromatic heterocycles. The van der Waals surface area contributed by atoms with Crippen LogP contribution < -0.4 is 4.74 Å². The van der Waals surface area contributed by atoms with E-state index in [1.807, 2.05) is 0 Å². The first kappa shape index (κ1) is 16.7. The number of nitro benzene ring substituents is 1. The van der Waals surface area contributed by atoms with Gasteiger partial charge in [-0.2, -0.15) is 0 Å². The van der Waals surface area contributed by atoms with Crippen molar-refractivity contribution in [1.82, 2.24) is 4.90 Å². The first-order chi connectivity index (χ1) is 10.6. The van der Waals surface area contributed by atoms with E-state index in [-0.39, 0.29) is 11.4 Å². The first-order valence-corrected chi connectivity index (χ1v) is 7.81. The second-order valence-electron chi connectivity index (χ2n) is 5.76. The summed E-state index contributed by atoms with van der Waals surface area (Å²) in [6.45, 7) is 3.66. The highest BCUT2D eigenvalue weighted by atomic mass is 16.6. The van der Waals surface area contributed by atoms with Crippen molar-refractivity contribution < 1.29 is 14.8 Å². The Hall–Kier alpha value is -1.66. The molecule has 0 amide bonds. The lowest BCUT2D eigenvalue weighted by Crippen LogP contribution is -2.41. The van der Waals surface area contributed by atoms with E-state index in [4.69, 9.17) is 4.74 Å². The van der Waals surface area contributed by atoms with Gasteiger partial charge in [0.25, 0.3) is 0 Å². The molecule has 1 aromatic rings. The maximum Gasteiger partial charge on any atom is 0.311 e. The van der Waals surface area contributed by atoms with E-state index in [0.717, 1.165) is 25.8 Å². The molecule has 0 radical (unpaired) electrons. The van der Waals surface area contributed by atoms with Gasteiger partial charge in [-0.05, 0) is 37.4 Å². The Bertz CT molecular complexity index is 521. The Kier molecular flexibility index (Phi) is 5.74. The molecule has 6 heteroatoms. The van der Waals surface area contributed by atoms with Crippen molar-refractivity contribution in [2.45, 2.75) is 44.8 Å². The summed E-state index contributed by atoms with van der Waals surface area (Å²) in [6, 6.07) is 5.15. The molecule has 22 heavy (non-hydrogen) atoms. The molecule has 2 rings (SSSR count). The van der Waals surface area contributed by atoms with Crippen LogP contribution in [0.4, 0.5) is 5.69 Å². The lowest BCUT2D eigenvalue weighted by atomic mass is 9.98. The molecule has 2 atom stereocenters. The van der Waals surface area contributed by atoms with Crippen LogP contribution in [-0.4, -0.2) is 41.2 Å². The summed E-state index contributed by atoms with van der Waals surface area (Å²) in [5.41, 5.74) is 0.456. The molecule has 1 N–H and O–H groups in total. The van der Waals surface area contributed by atoms with Gasteiger partial charge in [0.15, 0.2) is 5.75 Å². The van der Waals surface area contributed by atoms with Crippen LogP contribution in [0.25, 0.3) is 0 Å². The van der Waals surface area contributed by atoms with Crippen LogP contribution in [0.15, 0.2) is 18.2 Å². The highest BCUT2D eigenvalue weighted by molar-refractivity contribution is 5.49. The third-order valence-electron chi connectivity index (χ3n) is 4.41. The third-order valence-corrected chi connectivity index (χ3v) is 4.41. The fraction of sp³-hybridized carbons (Fsp3) is 0.625. The molecule has 6 nitrogen and oxygen atoms in total. The fourth-order valence-electron chi connectivity index (χ4n) is 3.15. The van der Waals surface area contributed by atoms with Gasteiger partial charge < -0.3 is 9.84 Å². The lowest BCUT2D eigenvalue weighted by molar-refractivity contribution is -0.385. The lowest BCUT2D eigenvalue weighted by Gasteiger charge is -2.36.